The molecule has 0 saturated carbocycles. The lowest BCUT2D eigenvalue weighted by molar-refractivity contribution is -0.137. The van der Waals surface area contributed by atoms with Crippen LogP contribution in [0.2, 0.25) is 0 Å². The number of nitrogens with one attached hydrogen (secondary N) is 1. The van der Waals surface area contributed by atoms with Crippen LogP contribution >= 0.6 is 0 Å². The van der Waals surface area contributed by atoms with Gasteiger partial charge in [-0.1, -0.05) is 29.8 Å². The molecule has 0 aliphatic carbocycles. The summed E-state index contributed by atoms with van der Waals surface area (Å²) in [5, 5.41) is 3.22. The molecule has 0 fully saturated rings. The molecule has 2 amide bonds. The van der Waals surface area contributed by atoms with E-state index in [1.807, 2.05) is 69.3 Å². The molecule has 170 valence electrons. The van der Waals surface area contributed by atoms with Gasteiger partial charge in [-0.15, -0.1) is 0 Å². The van der Waals surface area contributed by atoms with Crippen molar-refractivity contribution in [2.24, 2.45) is 0 Å². The smallest absolute Gasteiger partial charge is 0.278 e. The summed E-state index contributed by atoms with van der Waals surface area (Å²) < 4.78 is 5.58. The summed E-state index contributed by atoms with van der Waals surface area (Å²) in [7, 11) is 0. The number of hydrogen-bond acceptors (Lipinski definition) is 5. The zero-order valence-electron chi connectivity index (χ0n) is 19.6. The number of anilines is 2. The minimum Gasteiger partial charge on any atom is -0.377 e. The first-order valence-electron chi connectivity index (χ1n) is 11.3. The summed E-state index contributed by atoms with van der Waals surface area (Å²) in [6, 6.07) is 15.6. The van der Waals surface area contributed by atoms with E-state index in [2.05, 4.69) is 24.1 Å². The van der Waals surface area contributed by atoms with Crippen molar-refractivity contribution in [2.75, 3.05) is 36.5 Å². The van der Waals surface area contributed by atoms with Crippen molar-refractivity contribution in [3.8, 4) is 0 Å². The molecule has 3 rings (SSSR count). The van der Waals surface area contributed by atoms with Gasteiger partial charge in [0, 0.05) is 24.5 Å². The number of aryl methyl sites for hydroxylation is 1. The highest BCUT2D eigenvalue weighted by atomic mass is 16.5. The number of carbonyl (C=O) groups excluding carboxylic acids is 2. The van der Waals surface area contributed by atoms with Crippen molar-refractivity contribution in [1.29, 1.82) is 0 Å². The lowest BCUT2D eigenvalue weighted by Gasteiger charge is -2.21. The topological polar surface area (TPSA) is 61.9 Å². The predicted molar refractivity (Wildman–Crippen MR) is 130 cm³/mol. The second-order valence-corrected chi connectivity index (χ2v) is 8.14. The first-order valence-corrected chi connectivity index (χ1v) is 11.3. The monoisotopic (exact) mass is 435 g/mol. The second kappa shape index (κ2) is 10.5. The van der Waals surface area contributed by atoms with Gasteiger partial charge in [0.25, 0.3) is 11.8 Å². The number of hydrogen-bond donors (Lipinski definition) is 1. The third-order valence-corrected chi connectivity index (χ3v) is 5.54. The van der Waals surface area contributed by atoms with Gasteiger partial charge in [0.15, 0.2) is 0 Å². The zero-order valence-corrected chi connectivity index (χ0v) is 19.6. The maximum Gasteiger partial charge on any atom is 0.278 e. The van der Waals surface area contributed by atoms with Crippen LogP contribution in [0.4, 0.5) is 11.4 Å². The molecule has 32 heavy (non-hydrogen) atoms. The summed E-state index contributed by atoms with van der Waals surface area (Å²) in [5.41, 5.74) is 4.40. The Bertz CT molecular complexity index is 974. The van der Waals surface area contributed by atoms with E-state index in [1.165, 1.54) is 4.90 Å². The van der Waals surface area contributed by atoms with Crippen molar-refractivity contribution >= 4 is 28.8 Å². The van der Waals surface area contributed by atoms with Gasteiger partial charge in [0.1, 0.15) is 5.70 Å². The van der Waals surface area contributed by atoms with Crippen LogP contribution in [0.1, 0.15) is 38.8 Å². The van der Waals surface area contributed by atoms with Crippen LogP contribution in [0, 0.1) is 6.92 Å². The molecular weight excluding hydrogens is 402 g/mol. The highest BCUT2D eigenvalue weighted by Gasteiger charge is 2.39. The SMILES string of the molecule is CCN(CC)c1ccc(NC2=C(c3ccc(C)cc3)C(=O)N(CCOC(C)C)C2=O)cc1. The van der Waals surface area contributed by atoms with Crippen LogP contribution in [-0.4, -0.2) is 49.1 Å². The molecule has 0 spiro atoms. The van der Waals surface area contributed by atoms with E-state index in [0.29, 0.717) is 17.9 Å². The van der Waals surface area contributed by atoms with Crippen molar-refractivity contribution < 1.29 is 14.3 Å². The van der Waals surface area contributed by atoms with Crippen LogP contribution < -0.4 is 10.2 Å². The van der Waals surface area contributed by atoms with Crippen LogP contribution in [-0.2, 0) is 14.3 Å². The van der Waals surface area contributed by atoms with Crippen molar-refractivity contribution in [2.45, 2.75) is 40.7 Å². The number of nitrogens with zero attached hydrogens (tertiary/aromatic N) is 2. The number of benzene rings is 2. The Morgan fingerprint density at radius 1 is 0.938 bits per heavy atom. The molecular formula is C26H33N3O3. The van der Waals surface area contributed by atoms with Gasteiger partial charge < -0.3 is 15.0 Å². The van der Waals surface area contributed by atoms with Crippen molar-refractivity contribution in [3.05, 3.63) is 65.4 Å². The molecule has 6 nitrogen and oxygen atoms in total. The molecule has 0 saturated heterocycles. The molecule has 2 aromatic rings. The van der Waals surface area contributed by atoms with E-state index in [1.54, 1.807) is 0 Å². The number of carbonyl (C=O) groups is 2. The molecule has 0 unspecified atom stereocenters. The van der Waals surface area contributed by atoms with Crippen LogP contribution in [0.5, 0.6) is 0 Å². The standard InChI is InChI=1S/C26H33N3O3/c1-6-28(7-2)22-14-12-21(13-15-22)27-24-23(20-10-8-19(5)9-11-20)25(30)29(26(24)31)16-17-32-18(3)4/h8-15,18,27H,6-7,16-17H2,1-5H3. The van der Waals surface area contributed by atoms with Gasteiger partial charge in [-0.2, -0.15) is 0 Å². The quantitative estimate of drug-likeness (QED) is 0.559. The summed E-state index contributed by atoms with van der Waals surface area (Å²) in [6.07, 6.45) is 0.0363. The molecule has 1 heterocycles. The third kappa shape index (κ3) is 5.19. The Hall–Kier alpha value is -3.12. The lowest BCUT2D eigenvalue weighted by Crippen LogP contribution is -2.35. The Kier molecular flexibility index (Phi) is 7.70. The highest BCUT2D eigenvalue weighted by molar-refractivity contribution is 6.36. The highest BCUT2D eigenvalue weighted by Crippen LogP contribution is 2.31. The van der Waals surface area contributed by atoms with Gasteiger partial charge in [-0.25, -0.2) is 0 Å². The third-order valence-electron chi connectivity index (χ3n) is 5.54. The fraction of sp³-hybridized carbons (Fsp3) is 0.385. The fourth-order valence-electron chi connectivity index (χ4n) is 3.75. The molecule has 1 aliphatic heterocycles. The maximum absolute atomic E-state index is 13.2. The minimum atomic E-state index is -0.328. The van der Waals surface area contributed by atoms with E-state index >= 15 is 0 Å². The minimum absolute atomic E-state index is 0.0363. The van der Waals surface area contributed by atoms with E-state index < -0.39 is 0 Å². The van der Waals surface area contributed by atoms with Crippen molar-refractivity contribution in [3.63, 3.8) is 0 Å². The Morgan fingerprint density at radius 2 is 1.56 bits per heavy atom. The van der Waals surface area contributed by atoms with Crippen LogP contribution in [0.15, 0.2) is 54.2 Å². The van der Waals surface area contributed by atoms with Crippen LogP contribution in [0.25, 0.3) is 5.57 Å². The van der Waals surface area contributed by atoms with Gasteiger partial charge in [-0.3, -0.25) is 14.5 Å². The first kappa shape index (κ1) is 23.5. The average Bonchev–Trinajstić information content (AvgIpc) is 3.00. The normalized spacial score (nSPS) is 14.0. The Morgan fingerprint density at radius 3 is 2.12 bits per heavy atom. The molecule has 1 N–H and O–H groups in total. The van der Waals surface area contributed by atoms with E-state index in [-0.39, 0.29) is 24.5 Å². The van der Waals surface area contributed by atoms with Gasteiger partial charge in [0.2, 0.25) is 0 Å². The van der Waals surface area contributed by atoms with E-state index in [4.69, 9.17) is 4.74 Å². The summed E-state index contributed by atoms with van der Waals surface area (Å²) in [6.45, 7) is 12.5. The fourth-order valence-corrected chi connectivity index (χ4v) is 3.75. The predicted octanol–water partition coefficient (Wildman–Crippen LogP) is 4.46. The van der Waals surface area contributed by atoms with Crippen molar-refractivity contribution in [1.82, 2.24) is 4.90 Å². The number of rotatable bonds is 10. The van der Waals surface area contributed by atoms with E-state index in [0.717, 1.165) is 35.6 Å². The van der Waals surface area contributed by atoms with Gasteiger partial charge in [-0.05, 0) is 64.4 Å². The molecule has 0 atom stereocenters. The average molecular weight is 436 g/mol. The molecule has 6 heteroatoms. The molecule has 2 aromatic carbocycles. The summed E-state index contributed by atoms with van der Waals surface area (Å²) in [4.78, 5) is 30.0. The van der Waals surface area contributed by atoms with Crippen LogP contribution in [0.3, 0.4) is 0 Å². The van der Waals surface area contributed by atoms with Gasteiger partial charge >= 0.3 is 0 Å². The molecule has 0 bridgehead atoms. The zero-order chi connectivity index (χ0) is 23.3. The largest absolute Gasteiger partial charge is 0.377 e. The molecule has 0 radical (unpaired) electrons. The number of amides is 2. The second-order valence-electron chi connectivity index (χ2n) is 8.14. The van der Waals surface area contributed by atoms with Gasteiger partial charge in [0.05, 0.1) is 24.8 Å². The summed E-state index contributed by atoms with van der Waals surface area (Å²) >= 11 is 0. The number of imide groups is 1. The number of ether oxygens (including phenoxy) is 1. The molecule has 1 aliphatic rings. The first-order chi connectivity index (χ1) is 15.3. The maximum atomic E-state index is 13.2. The Labute approximate surface area is 190 Å². The van der Waals surface area contributed by atoms with E-state index in [9.17, 15) is 9.59 Å². The molecule has 0 aromatic heterocycles. The Balaban J connectivity index is 1.91. The summed E-state index contributed by atoms with van der Waals surface area (Å²) in [5.74, 6) is -0.626. The lowest BCUT2D eigenvalue weighted by atomic mass is 10.0.